The normalized spacial score (nSPS) is 8.40. The van der Waals surface area contributed by atoms with Gasteiger partial charge in [-0.15, -0.1) is 0 Å². The van der Waals surface area contributed by atoms with E-state index < -0.39 is 0 Å². The summed E-state index contributed by atoms with van der Waals surface area (Å²) in [6, 6.07) is 7.86. The van der Waals surface area contributed by atoms with Gasteiger partial charge in [0.2, 0.25) is 0 Å². The Labute approximate surface area is 58.0 Å². The van der Waals surface area contributed by atoms with Crippen LogP contribution in [-0.4, -0.2) is 0 Å². The summed E-state index contributed by atoms with van der Waals surface area (Å²) in [5.41, 5.74) is 0.515. The van der Waals surface area contributed by atoms with Crippen LogP contribution in [0.15, 0.2) is 24.3 Å². The number of hydrogen-bond donors (Lipinski definition) is 0. The third-order valence-electron chi connectivity index (χ3n) is 1.08. The molecule has 0 unspecified atom stereocenters. The molecule has 0 fully saturated rings. The van der Waals surface area contributed by atoms with Crippen LogP contribution in [0.4, 0.5) is 0 Å². The van der Waals surface area contributed by atoms with E-state index in [0.717, 1.165) is 0 Å². The number of nitriles is 1. The van der Waals surface area contributed by atoms with Gasteiger partial charge in [-0.2, -0.15) is 5.26 Å². The molecular formula is C7H4NO2. The molecule has 0 aliphatic carbocycles. The van der Waals surface area contributed by atoms with Gasteiger partial charge >= 0.3 is 0 Å². The van der Waals surface area contributed by atoms with Crippen LogP contribution in [0.3, 0.4) is 0 Å². The van der Waals surface area contributed by atoms with Crippen molar-refractivity contribution in [1.82, 2.24) is 0 Å². The minimum Gasteiger partial charge on any atom is -0.305 e. The van der Waals surface area contributed by atoms with Crippen LogP contribution in [-0.2, 0) is 5.26 Å². The van der Waals surface area contributed by atoms with Gasteiger partial charge < -0.3 is 4.89 Å². The van der Waals surface area contributed by atoms with Crippen LogP contribution < -0.4 is 4.89 Å². The van der Waals surface area contributed by atoms with Gasteiger partial charge in [0.25, 0.3) is 0 Å². The minimum absolute atomic E-state index is 0.221. The summed E-state index contributed by atoms with van der Waals surface area (Å²) in [6.45, 7) is 0. The van der Waals surface area contributed by atoms with Crippen LogP contribution in [0.2, 0.25) is 0 Å². The van der Waals surface area contributed by atoms with Crippen LogP contribution in [0.1, 0.15) is 5.56 Å². The highest BCUT2D eigenvalue weighted by Gasteiger charge is 1.91. The SMILES string of the molecule is N#Cc1ccc(O[O])cc1. The second kappa shape index (κ2) is 2.85. The summed E-state index contributed by atoms with van der Waals surface area (Å²) in [6.07, 6.45) is 0. The Morgan fingerprint density at radius 2 is 1.90 bits per heavy atom. The number of rotatable bonds is 1. The van der Waals surface area contributed by atoms with Gasteiger partial charge in [-0.25, -0.2) is 0 Å². The lowest BCUT2D eigenvalue weighted by Gasteiger charge is -1.90. The molecule has 0 heterocycles. The second-order valence-electron chi connectivity index (χ2n) is 1.72. The molecule has 0 saturated carbocycles. The Morgan fingerprint density at radius 3 is 2.30 bits per heavy atom. The first kappa shape index (κ1) is 6.59. The first-order chi connectivity index (χ1) is 4.86. The van der Waals surface area contributed by atoms with Crippen LogP contribution in [0.5, 0.6) is 5.75 Å². The Kier molecular flexibility index (Phi) is 1.88. The average molecular weight is 134 g/mol. The summed E-state index contributed by atoms with van der Waals surface area (Å²) in [7, 11) is 0. The lowest BCUT2D eigenvalue weighted by molar-refractivity contribution is -0.208. The quantitative estimate of drug-likeness (QED) is 0.429. The molecule has 1 rings (SSSR count). The monoisotopic (exact) mass is 134 g/mol. The second-order valence-corrected chi connectivity index (χ2v) is 1.72. The van der Waals surface area contributed by atoms with Crippen LogP contribution in [0, 0.1) is 11.3 Å². The third-order valence-corrected chi connectivity index (χ3v) is 1.08. The highest BCUT2D eigenvalue weighted by molar-refractivity contribution is 5.34. The summed E-state index contributed by atoms with van der Waals surface area (Å²) >= 11 is 0. The lowest BCUT2D eigenvalue weighted by atomic mass is 10.2. The molecule has 0 saturated heterocycles. The summed E-state index contributed by atoms with van der Waals surface area (Å²) in [5.74, 6) is 0.221. The van der Waals surface area contributed by atoms with E-state index in [9.17, 15) is 5.26 Å². The molecule has 49 valence electrons. The van der Waals surface area contributed by atoms with E-state index in [4.69, 9.17) is 5.26 Å². The van der Waals surface area contributed by atoms with E-state index in [2.05, 4.69) is 4.89 Å². The highest BCUT2D eigenvalue weighted by Crippen LogP contribution is 2.09. The molecule has 1 aromatic rings. The van der Waals surface area contributed by atoms with E-state index in [1.807, 2.05) is 6.07 Å². The fraction of sp³-hybridized carbons (Fsp3) is 0. The zero-order chi connectivity index (χ0) is 7.40. The largest absolute Gasteiger partial charge is 0.305 e. The van der Waals surface area contributed by atoms with Gasteiger partial charge in [0.15, 0.2) is 5.75 Å². The maximum atomic E-state index is 9.75. The van der Waals surface area contributed by atoms with Crippen LogP contribution >= 0.6 is 0 Å². The van der Waals surface area contributed by atoms with E-state index in [-0.39, 0.29) is 5.75 Å². The average Bonchev–Trinajstić information content (AvgIpc) is 2.05. The predicted molar refractivity (Wildman–Crippen MR) is 32.5 cm³/mol. The zero-order valence-corrected chi connectivity index (χ0v) is 5.07. The highest BCUT2D eigenvalue weighted by atomic mass is 17.1. The van der Waals surface area contributed by atoms with Gasteiger partial charge in [-0.3, -0.25) is 0 Å². The molecule has 0 atom stereocenters. The molecule has 0 spiro atoms. The fourth-order valence-corrected chi connectivity index (χ4v) is 0.585. The van der Waals surface area contributed by atoms with Gasteiger partial charge in [0, 0.05) is 5.26 Å². The molecule has 0 bridgehead atoms. The number of nitrogens with zero attached hydrogens (tertiary/aromatic N) is 1. The molecule has 0 aromatic heterocycles. The minimum atomic E-state index is 0.221. The van der Waals surface area contributed by atoms with Crippen molar-refractivity contribution in [2.75, 3.05) is 0 Å². The van der Waals surface area contributed by atoms with Gasteiger partial charge in [-0.1, -0.05) is 0 Å². The molecule has 0 N–H and O–H groups in total. The Bertz CT molecular complexity index is 247. The van der Waals surface area contributed by atoms with E-state index >= 15 is 0 Å². The van der Waals surface area contributed by atoms with Crippen molar-refractivity contribution in [1.29, 1.82) is 5.26 Å². The van der Waals surface area contributed by atoms with Crippen LogP contribution in [0.25, 0.3) is 0 Å². The maximum Gasteiger partial charge on any atom is 0.168 e. The van der Waals surface area contributed by atoms with Gasteiger partial charge in [0.1, 0.15) is 0 Å². The molecule has 3 heteroatoms. The van der Waals surface area contributed by atoms with Crippen molar-refractivity contribution in [3.8, 4) is 11.8 Å². The topological polar surface area (TPSA) is 52.9 Å². The first-order valence-corrected chi connectivity index (χ1v) is 2.67. The van der Waals surface area contributed by atoms with Gasteiger partial charge in [0.05, 0.1) is 11.6 Å². The molecule has 1 aromatic carbocycles. The summed E-state index contributed by atoms with van der Waals surface area (Å²) in [4.78, 5) is 3.65. The Morgan fingerprint density at radius 1 is 1.30 bits per heavy atom. The Hall–Kier alpha value is -1.53. The summed E-state index contributed by atoms with van der Waals surface area (Å²) < 4.78 is 0. The number of benzene rings is 1. The van der Waals surface area contributed by atoms with Crippen molar-refractivity contribution in [2.45, 2.75) is 0 Å². The zero-order valence-electron chi connectivity index (χ0n) is 5.07. The maximum absolute atomic E-state index is 9.75. The summed E-state index contributed by atoms with van der Waals surface area (Å²) in [5, 5.41) is 18.1. The van der Waals surface area contributed by atoms with E-state index in [1.54, 1.807) is 0 Å². The predicted octanol–water partition coefficient (Wildman–Crippen LogP) is 1.28. The van der Waals surface area contributed by atoms with Crippen molar-refractivity contribution in [3.05, 3.63) is 29.8 Å². The lowest BCUT2D eigenvalue weighted by Crippen LogP contribution is -1.80. The van der Waals surface area contributed by atoms with Crippen molar-refractivity contribution >= 4 is 0 Å². The van der Waals surface area contributed by atoms with E-state index in [0.29, 0.717) is 5.56 Å². The Balaban J connectivity index is 2.93. The van der Waals surface area contributed by atoms with Crippen molar-refractivity contribution in [2.24, 2.45) is 0 Å². The molecule has 3 nitrogen and oxygen atoms in total. The van der Waals surface area contributed by atoms with Crippen molar-refractivity contribution < 1.29 is 10.1 Å². The fourth-order valence-electron chi connectivity index (χ4n) is 0.585. The molecule has 0 aliphatic rings. The standard InChI is InChI=1S/C7H4NO2/c8-5-6-1-3-7(10-9)4-2-6/h1-4H. The molecular weight excluding hydrogens is 130 g/mol. The van der Waals surface area contributed by atoms with Gasteiger partial charge in [-0.05, 0) is 24.3 Å². The smallest absolute Gasteiger partial charge is 0.168 e. The molecule has 0 amide bonds. The molecule has 0 aliphatic heterocycles. The molecule has 10 heavy (non-hydrogen) atoms. The first-order valence-electron chi connectivity index (χ1n) is 2.67. The van der Waals surface area contributed by atoms with E-state index in [1.165, 1.54) is 24.3 Å². The van der Waals surface area contributed by atoms with Crippen molar-refractivity contribution in [3.63, 3.8) is 0 Å². The number of hydrogen-bond acceptors (Lipinski definition) is 2. The molecule has 1 radical (unpaired) electrons. The third kappa shape index (κ3) is 1.24.